The van der Waals surface area contributed by atoms with E-state index in [0.717, 1.165) is 11.3 Å². The van der Waals surface area contributed by atoms with Crippen LogP contribution in [0.15, 0.2) is 36.5 Å². The van der Waals surface area contributed by atoms with E-state index < -0.39 is 0 Å². The second kappa shape index (κ2) is 4.97. The SMILES string of the molecule is CNCC(=O)c1cccc(-n2nccc2C2CC2)c1. The molecule has 0 bridgehead atoms. The van der Waals surface area contributed by atoms with Crippen molar-refractivity contribution in [1.82, 2.24) is 15.1 Å². The van der Waals surface area contributed by atoms with Gasteiger partial charge in [-0.25, -0.2) is 4.68 Å². The molecule has 4 heteroatoms. The first-order chi connectivity index (χ1) is 9.29. The molecule has 1 aliphatic carbocycles. The number of nitrogens with zero attached hydrogens (tertiary/aromatic N) is 2. The minimum Gasteiger partial charge on any atom is -0.313 e. The molecular weight excluding hydrogens is 238 g/mol. The van der Waals surface area contributed by atoms with Gasteiger partial charge in [0.05, 0.1) is 12.2 Å². The van der Waals surface area contributed by atoms with Crippen LogP contribution in [-0.2, 0) is 0 Å². The number of nitrogens with one attached hydrogen (secondary N) is 1. The molecule has 1 fully saturated rings. The van der Waals surface area contributed by atoms with Crippen molar-refractivity contribution in [2.24, 2.45) is 0 Å². The summed E-state index contributed by atoms with van der Waals surface area (Å²) in [6.07, 6.45) is 4.31. The molecule has 0 aliphatic heterocycles. The van der Waals surface area contributed by atoms with E-state index in [4.69, 9.17) is 0 Å². The fourth-order valence-electron chi connectivity index (χ4n) is 2.29. The van der Waals surface area contributed by atoms with Crippen LogP contribution >= 0.6 is 0 Å². The lowest BCUT2D eigenvalue weighted by molar-refractivity contribution is 0.0993. The molecule has 98 valence electrons. The third-order valence-electron chi connectivity index (χ3n) is 3.42. The van der Waals surface area contributed by atoms with Crippen molar-refractivity contribution in [3.05, 3.63) is 47.8 Å². The average Bonchev–Trinajstić information content (AvgIpc) is 3.16. The number of Topliss-reactive ketones (excluding diaryl/α,β-unsaturated/α-hetero) is 1. The number of hydrogen-bond acceptors (Lipinski definition) is 3. The lowest BCUT2D eigenvalue weighted by Crippen LogP contribution is -2.18. The molecule has 0 radical (unpaired) electrons. The number of carbonyl (C=O) groups is 1. The third-order valence-corrected chi connectivity index (χ3v) is 3.42. The van der Waals surface area contributed by atoms with Gasteiger partial charge in [0.15, 0.2) is 5.78 Å². The van der Waals surface area contributed by atoms with Gasteiger partial charge >= 0.3 is 0 Å². The molecule has 1 aliphatic rings. The van der Waals surface area contributed by atoms with Gasteiger partial charge in [-0.2, -0.15) is 5.10 Å². The van der Waals surface area contributed by atoms with E-state index in [-0.39, 0.29) is 5.78 Å². The van der Waals surface area contributed by atoms with Crippen molar-refractivity contribution in [2.75, 3.05) is 13.6 Å². The Labute approximate surface area is 112 Å². The van der Waals surface area contributed by atoms with Crippen LogP contribution < -0.4 is 5.32 Å². The Morgan fingerprint density at radius 2 is 2.26 bits per heavy atom. The van der Waals surface area contributed by atoms with E-state index in [1.165, 1.54) is 18.5 Å². The predicted molar refractivity (Wildman–Crippen MR) is 73.8 cm³/mol. The number of rotatable bonds is 5. The van der Waals surface area contributed by atoms with Gasteiger partial charge in [0.2, 0.25) is 0 Å². The van der Waals surface area contributed by atoms with Crippen LogP contribution in [0.5, 0.6) is 0 Å². The summed E-state index contributed by atoms with van der Waals surface area (Å²) < 4.78 is 1.95. The van der Waals surface area contributed by atoms with Crippen LogP contribution in [0.3, 0.4) is 0 Å². The molecule has 4 nitrogen and oxygen atoms in total. The van der Waals surface area contributed by atoms with Crippen LogP contribution in [-0.4, -0.2) is 29.2 Å². The number of carbonyl (C=O) groups excluding carboxylic acids is 1. The maximum Gasteiger partial charge on any atom is 0.176 e. The fraction of sp³-hybridized carbons (Fsp3) is 0.333. The molecule has 0 spiro atoms. The quantitative estimate of drug-likeness (QED) is 0.833. The molecule has 0 amide bonds. The first-order valence-corrected chi connectivity index (χ1v) is 6.62. The number of likely N-dealkylation sites (N-methyl/N-ethyl adjacent to an activating group) is 1. The van der Waals surface area contributed by atoms with Gasteiger partial charge in [0.1, 0.15) is 0 Å². The molecule has 1 heterocycles. The largest absolute Gasteiger partial charge is 0.313 e. The van der Waals surface area contributed by atoms with E-state index in [1.807, 2.05) is 35.1 Å². The Morgan fingerprint density at radius 3 is 3.00 bits per heavy atom. The van der Waals surface area contributed by atoms with Crippen molar-refractivity contribution in [2.45, 2.75) is 18.8 Å². The Morgan fingerprint density at radius 1 is 1.42 bits per heavy atom. The molecule has 3 rings (SSSR count). The lowest BCUT2D eigenvalue weighted by atomic mass is 10.1. The maximum atomic E-state index is 11.9. The summed E-state index contributed by atoms with van der Waals surface area (Å²) in [4.78, 5) is 11.9. The number of ketones is 1. The van der Waals surface area contributed by atoms with Gasteiger partial charge in [-0.3, -0.25) is 4.79 Å². The van der Waals surface area contributed by atoms with E-state index in [2.05, 4.69) is 16.5 Å². The minimum absolute atomic E-state index is 0.101. The standard InChI is InChI=1S/C15H17N3O/c1-16-10-15(19)12-3-2-4-13(9-12)18-14(7-8-17-18)11-5-6-11/h2-4,7-9,11,16H,5-6,10H2,1H3. The maximum absolute atomic E-state index is 11.9. The average molecular weight is 255 g/mol. The van der Waals surface area contributed by atoms with Crippen LogP contribution in [0.4, 0.5) is 0 Å². The van der Waals surface area contributed by atoms with E-state index in [9.17, 15) is 4.79 Å². The molecule has 2 aromatic rings. The zero-order chi connectivity index (χ0) is 13.2. The zero-order valence-corrected chi connectivity index (χ0v) is 11.0. The third kappa shape index (κ3) is 2.44. The van der Waals surface area contributed by atoms with Crippen LogP contribution in [0.25, 0.3) is 5.69 Å². The van der Waals surface area contributed by atoms with Gasteiger partial charge in [0.25, 0.3) is 0 Å². The summed E-state index contributed by atoms with van der Waals surface area (Å²) in [6, 6.07) is 9.74. The molecular formula is C15H17N3O. The molecule has 1 aromatic heterocycles. The van der Waals surface area contributed by atoms with Gasteiger partial charge in [-0.15, -0.1) is 0 Å². The van der Waals surface area contributed by atoms with E-state index >= 15 is 0 Å². The molecule has 19 heavy (non-hydrogen) atoms. The highest BCUT2D eigenvalue weighted by Gasteiger charge is 2.27. The van der Waals surface area contributed by atoms with Crippen LogP contribution in [0.1, 0.15) is 34.8 Å². The summed E-state index contributed by atoms with van der Waals surface area (Å²) in [6.45, 7) is 0.359. The molecule has 0 atom stereocenters. The second-order valence-electron chi connectivity index (χ2n) is 4.95. The van der Waals surface area contributed by atoms with Gasteiger partial charge < -0.3 is 5.32 Å². The van der Waals surface area contributed by atoms with Crippen LogP contribution in [0, 0.1) is 0 Å². The summed E-state index contributed by atoms with van der Waals surface area (Å²) in [7, 11) is 1.78. The van der Waals surface area contributed by atoms with Crippen molar-refractivity contribution in [3.8, 4) is 5.69 Å². The number of aromatic nitrogens is 2. The fourth-order valence-corrected chi connectivity index (χ4v) is 2.29. The molecule has 0 unspecified atom stereocenters. The van der Waals surface area contributed by atoms with Crippen molar-refractivity contribution < 1.29 is 4.79 Å². The van der Waals surface area contributed by atoms with Crippen molar-refractivity contribution >= 4 is 5.78 Å². The minimum atomic E-state index is 0.101. The Bertz CT molecular complexity index is 599. The lowest BCUT2D eigenvalue weighted by Gasteiger charge is -2.08. The highest BCUT2D eigenvalue weighted by molar-refractivity contribution is 5.98. The second-order valence-corrected chi connectivity index (χ2v) is 4.95. The van der Waals surface area contributed by atoms with Gasteiger partial charge in [-0.05, 0) is 38.1 Å². The summed E-state index contributed by atoms with van der Waals surface area (Å²) >= 11 is 0. The predicted octanol–water partition coefficient (Wildman–Crippen LogP) is 2.15. The molecule has 0 saturated heterocycles. The topological polar surface area (TPSA) is 46.9 Å². The number of hydrogen-bond donors (Lipinski definition) is 1. The van der Waals surface area contributed by atoms with E-state index in [0.29, 0.717) is 12.5 Å². The summed E-state index contributed by atoms with van der Waals surface area (Å²) in [5, 5.41) is 7.27. The van der Waals surface area contributed by atoms with Crippen LogP contribution in [0.2, 0.25) is 0 Å². The first kappa shape index (κ1) is 12.1. The Kier molecular flexibility index (Phi) is 3.17. The van der Waals surface area contributed by atoms with E-state index in [1.54, 1.807) is 7.05 Å². The van der Waals surface area contributed by atoms with Gasteiger partial charge in [-0.1, -0.05) is 12.1 Å². The zero-order valence-electron chi connectivity index (χ0n) is 11.0. The normalized spacial score (nSPS) is 14.6. The Balaban J connectivity index is 1.94. The van der Waals surface area contributed by atoms with Crippen molar-refractivity contribution in [3.63, 3.8) is 0 Å². The van der Waals surface area contributed by atoms with Gasteiger partial charge in [0, 0.05) is 23.4 Å². The molecule has 1 saturated carbocycles. The molecule has 1 N–H and O–H groups in total. The molecule has 1 aromatic carbocycles. The highest BCUT2D eigenvalue weighted by Crippen LogP contribution is 2.40. The monoisotopic (exact) mass is 255 g/mol. The Hall–Kier alpha value is -1.94. The summed E-state index contributed by atoms with van der Waals surface area (Å²) in [5.74, 6) is 0.739. The highest BCUT2D eigenvalue weighted by atomic mass is 16.1. The number of benzene rings is 1. The van der Waals surface area contributed by atoms with Crippen molar-refractivity contribution in [1.29, 1.82) is 0 Å². The summed E-state index contributed by atoms with van der Waals surface area (Å²) in [5.41, 5.74) is 2.94. The smallest absolute Gasteiger partial charge is 0.176 e. The first-order valence-electron chi connectivity index (χ1n) is 6.62.